The van der Waals surface area contributed by atoms with Crippen molar-refractivity contribution in [2.45, 2.75) is 48.6 Å². The lowest BCUT2D eigenvalue weighted by molar-refractivity contribution is -0.143. The maximum atomic E-state index is 13.0. The Balaban J connectivity index is 1.69. The third-order valence-electron chi connectivity index (χ3n) is 5.67. The first kappa shape index (κ1) is 22.1. The van der Waals surface area contributed by atoms with Gasteiger partial charge in [-0.25, -0.2) is 0 Å². The van der Waals surface area contributed by atoms with Gasteiger partial charge in [0.25, 0.3) is 0 Å². The zero-order chi connectivity index (χ0) is 21.7. The summed E-state index contributed by atoms with van der Waals surface area (Å²) >= 11 is 1.41. The van der Waals surface area contributed by atoms with Crippen molar-refractivity contribution in [2.75, 3.05) is 19.6 Å². The van der Waals surface area contributed by atoms with Gasteiger partial charge in [0.1, 0.15) is 0 Å². The minimum absolute atomic E-state index is 0.0340. The number of hydrogen-bond acceptors (Lipinski definition) is 5. The molecule has 1 spiro atoms. The number of carboxylic acid groups (broad SMARTS) is 2. The Morgan fingerprint density at radius 1 is 1.03 bits per heavy atom. The quantitative estimate of drug-likeness (QED) is 0.641. The summed E-state index contributed by atoms with van der Waals surface area (Å²) < 4.78 is 0. The van der Waals surface area contributed by atoms with E-state index in [2.05, 4.69) is 0 Å². The van der Waals surface area contributed by atoms with Gasteiger partial charge < -0.3 is 20.0 Å². The van der Waals surface area contributed by atoms with Crippen LogP contribution in [0.15, 0.2) is 30.3 Å². The van der Waals surface area contributed by atoms with Crippen LogP contribution in [0.3, 0.4) is 0 Å². The molecule has 0 radical (unpaired) electrons. The first-order chi connectivity index (χ1) is 14.3. The molecule has 0 bridgehead atoms. The summed E-state index contributed by atoms with van der Waals surface area (Å²) in [4.78, 5) is 50.2. The van der Waals surface area contributed by atoms with E-state index in [1.807, 2.05) is 35.2 Å². The van der Waals surface area contributed by atoms with Crippen molar-refractivity contribution in [2.24, 2.45) is 0 Å². The van der Waals surface area contributed by atoms with Gasteiger partial charge in [0, 0.05) is 26.1 Å². The number of benzene rings is 1. The number of aliphatic carboxylic acids is 2. The molecule has 2 fully saturated rings. The van der Waals surface area contributed by atoms with Gasteiger partial charge in [-0.3, -0.25) is 19.2 Å². The standard InChI is InChI=1S/C21H26N2O6S/c24-17(6-7-18(25)26)22-12-9-21(10-13-22)23(11-8-15-4-2-1-3-5-15)20(29)16(30-21)14-19(27)28/h1-5,16H,6-14H2,(H,25,26)(H,27,28). The predicted molar refractivity (Wildman–Crippen MR) is 111 cm³/mol. The molecule has 2 N–H and O–H groups in total. The van der Waals surface area contributed by atoms with Crippen LogP contribution in [-0.4, -0.2) is 73.5 Å². The van der Waals surface area contributed by atoms with E-state index < -0.39 is 22.1 Å². The number of rotatable bonds is 8. The second kappa shape index (κ2) is 9.51. The van der Waals surface area contributed by atoms with Crippen LogP contribution in [0, 0.1) is 0 Å². The molecule has 30 heavy (non-hydrogen) atoms. The fraction of sp³-hybridized carbons (Fsp3) is 0.524. The lowest BCUT2D eigenvalue weighted by atomic mass is 10.00. The lowest BCUT2D eigenvalue weighted by Gasteiger charge is -2.44. The van der Waals surface area contributed by atoms with Crippen molar-refractivity contribution in [3.63, 3.8) is 0 Å². The molecule has 0 saturated carbocycles. The van der Waals surface area contributed by atoms with E-state index in [9.17, 15) is 24.3 Å². The van der Waals surface area contributed by atoms with E-state index >= 15 is 0 Å². The Bertz CT molecular complexity index is 807. The second-order valence-electron chi connectivity index (χ2n) is 7.65. The van der Waals surface area contributed by atoms with Gasteiger partial charge in [-0.15, -0.1) is 11.8 Å². The maximum absolute atomic E-state index is 13.0. The molecule has 1 unspecified atom stereocenters. The summed E-state index contributed by atoms with van der Waals surface area (Å²) in [7, 11) is 0. The number of piperidine rings is 1. The number of thioether (sulfide) groups is 1. The van der Waals surface area contributed by atoms with Crippen LogP contribution >= 0.6 is 11.8 Å². The number of carboxylic acids is 2. The number of likely N-dealkylation sites (tertiary alicyclic amines) is 1. The monoisotopic (exact) mass is 434 g/mol. The summed E-state index contributed by atoms with van der Waals surface area (Å²) in [5.41, 5.74) is 1.11. The molecule has 162 valence electrons. The fourth-order valence-corrected chi connectivity index (χ4v) is 5.82. The lowest BCUT2D eigenvalue weighted by Crippen LogP contribution is -2.53. The summed E-state index contributed by atoms with van der Waals surface area (Å²) in [5.74, 6) is -2.34. The number of carbonyl (C=O) groups is 4. The van der Waals surface area contributed by atoms with Crippen molar-refractivity contribution in [3.05, 3.63) is 35.9 Å². The van der Waals surface area contributed by atoms with Gasteiger partial charge >= 0.3 is 11.9 Å². The molecule has 2 aliphatic heterocycles. The molecule has 2 heterocycles. The molecule has 1 atom stereocenters. The summed E-state index contributed by atoms with van der Waals surface area (Å²) in [5, 5.41) is 17.4. The largest absolute Gasteiger partial charge is 0.481 e. The highest BCUT2D eigenvalue weighted by atomic mass is 32.2. The average molecular weight is 435 g/mol. The summed E-state index contributed by atoms with van der Waals surface area (Å²) in [6.07, 6.45) is 1.33. The van der Waals surface area contributed by atoms with Crippen LogP contribution in [0.2, 0.25) is 0 Å². The normalized spacial score (nSPS) is 20.5. The Morgan fingerprint density at radius 2 is 1.70 bits per heavy atom. The van der Waals surface area contributed by atoms with E-state index in [1.165, 1.54) is 11.8 Å². The van der Waals surface area contributed by atoms with Gasteiger partial charge in [-0.2, -0.15) is 0 Å². The van der Waals surface area contributed by atoms with Crippen LogP contribution in [0.1, 0.15) is 37.7 Å². The van der Waals surface area contributed by atoms with Crippen LogP contribution in [0.5, 0.6) is 0 Å². The van der Waals surface area contributed by atoms with Gasteiger partial charge in [-0.1, -0.05) is 30.3 Å². The van der Waals surface area contributed by atoms with Crippen LogP contribution < -0.4 is 0 Å². The van der Waals surface area contributed by atoms with E-state index in [0.29, 0.717) is 38.9 Å². The zero-order valence-electron chi connectivity index (χ0n) is 16.7. The van der Waals surface area contributed by atoms with Gasteiger partial charge in [0.2, 0.25) is 11.8 Å². The van der Waals surface area contributed by atoms with Gasteiger partial charge in [0.05, 0.1) is 23.0 Å². The van der Waals surface area contributed by atoms with Crippen molar-refractivity contribution in [1.29, 1.82) is 0 Å². The minimum atomic E-state index is -1.00. The number of amides is 2. The Morgan fingerprint density at radius 3 is 2.30 bits per heavy atom. The Kier molecular flexibility index (Phi) is 7.02. The second-order valence-corrected chi connectivity index (χ2v) is 9.22. The third kappa shape index (κ3) is 5.13. The molecule has 1 aromatic carbocycles. The highest BCUT2D eigenvalue weighted by Crippen LogP contribution is 2.49. The van der Waals surface area contributed by atoms with Crippen LogP contribution in [0.25, 0.3) is 0 Å². The maximum Gasteiger partial charge on any atom is 0.305 e. The highest BCUT2D eigenvalue weighted by molar-refractivity contribution is 8.02. The molecule has 2 amide bonds. The van der Waals surface area contributed by atoms with Crippen molar-refractivity contribution >= 4 is 35.5 Å². The molecule has 0 aliphatic carbocycles. The number of hydrogen-bond donors (Lipinski definition) is 2. The van der Waals surface area contributed by atoms with Crippen molar-refractivity contribution in [1.82, 2.24) is 9.80 Å². The smallest absolute Gasteiger partial charge is 0.305 e. The molecule has 2 saturated heterocycles. The Labute approximate surface area is 179 Å². The fourth-order valence-electron chi connectivity index (χ4n) is 4.11. The first-order valence-electron chi connectivity index (χ1n) is 10.1. The van der Waals surface area contributed by atoms with Crippen molar-refractivity contribution < 1.29 is 29.4 Å². The molecule has 8 nitrogen and oxygen atoms in total. The zero-order valence-corrected chi connectivity index (χ0v) is 17.5. The van der Waals surface area contributed by atoms with Crippen LogP contribution in [0.4, 0.5) is 0 Å². The number of nitrogens with zero attached hydrogens (tertiary/aromatic N) is 2. The summed E-state index contributed by atoms with van der Waals surface area (Å²) in [6, 6.07) is 9.82. The molecular formula is C21H26N2O6S. The first-order valence-corrected chi connectivity index (χ1v) is 10.9. The van der Waals surface area contributed by atoms with E-state index in [-0.39, 0.29) is 31.1 Å². The van der Waals surface area contributed by atoms with Crippen LogP contribution in [-0.2, 0) is 25.6 Å². The molecular weight excluding hydrogens is 408 g/mol. The topological polar surface area (TPSA) is 115 Å². The van der Waals surface area contributed by atoms with E-state index in [1.54, 1.807) is 4.90 Å². The SMILES string of the molecule is O=C(O)CCC(=O)N1CCC2(CC1)SC(CC(=O)O)C(=O)N2CCc1ccccc1. The highest BCUT2D eigenvalue weighted by Gasteiger charge is 2.53. The molecule has 1 aromatic rings. The average Bonchev–Trinajstić information content (AvgIpc) is 2.96. The van der Waals surface area contributed by atoms with Gasteiger partial charge in [-0.05, 0) is 24.8 Å². The van der Waals surface area contributed by atoms with Gasteiger partial charge in [0.15, 0.2) is 0 Å². The molecule has 9 heteroatoms. The third-order valence-corrected chi connectivity index (χ3v) is 7.39. The van der Waals surface area contributed by atoms with E-state index in [0.717, 1.165) is 5.56 Å². The predicted octanol–water partition coefficient (Wildman–Crippen LogP) is 1.83. The minimum Gasteiger partial charge on any atom is -0.481 e. The number of carbonyl (C=O) groups excluding carboxylic acids is 2. The summed E-state index contributed by atoms with van der Waals surface area (Å²) in [6.45, 7) is 1.36. The molecule has 2 aliphatic rings. The Hall–Kier alpha value is -2.55. The van der Waals surface area contributed by atoms with Crippen molar-refractivity contribution in [3.8, 4) is 0 Å². The molecule has 0 aromatic heterocycles. The molecule has 3 rings (SSSR count). The van der Waals surface area contributed by atoms with E-state index in [4.69, 9.17) is 5.11 Å².